The van der Waals surface area contributed by atoms with Gasteiger partial charge in [0, 0.05) is 7.11 Å². The molecule has 0 fully saturated rings. The molecule has 0 aliphatic carbocycles. The van der Waals surface area contributed by atoms with Crippen molar-refractivity contribution in [2.45, 2.75) is 12.5 Å². The molecule has 0 amide bonds. The molecule has 0 aromatic heterocycles. The number of ether oxygens (including phenoxy) is 2. The van der Waals surface area contributed by atoms with Gasteiger partial charge in [-0.3, -0.25) is 0 Å². The summed E-state index contributed by atoms with van der Waals surface area (Å²) < 4.78 is 10.4. The van der Waals surface area contributed by atoms with Gasteiger partial charge in [-0.2, -0.15) is 0 Å². The van der Waals surface area contributed by atoms with Crippen LogP contribution in [0.15, 0.2) is 35.3 Å². The smallest absolute Gasteiger partial charge is 0.210 e. The third-order valence-electron chi connectivity index (χ3n) is 2.35. The highest BCUT2D eigenvalue weighted by atomic mass is 16.5. The number of rotatable bonds is 4. The van der Waals surface area contributed by atoms with Gasteiger partial charge in [-0.1, -0.05) is 30.3 Å². The average molecular weight is 205 g/mol. The van der Waals surface area contributed by atoms with Crippen molar-refractivity contribution >= 4 is 5.90 Å². The minimum Gasteiger partial charge on any atom is -0.477 e. The van der Waals surface area contributed by atoms with Crippen molar-refractivity contribution in [3.8, 4) is 0 Å². The molecule has 3 heteroatoms. The molecule has 1 aromatic rings. The average Bonchev–Trinajstić information content (AvgIpc) is 2.68. The largest absolute Gasteiger partial charge is 0.477 e. The monoisotopic (exact) mass is 205 g/mol. The van der Waals surface area contributed by atoms with Crippen LogP contribution in [-0.2, 0) is 15.9 Å². The van der Waals surface area contributed by atoms with Gasteiger partial charge >= 0.3 is 0 Å². The quantitative estimate of drug-likeness (QED) is 0.748. The highest BCUT2D eigenvalue weighted by molar-refractivity contribution is 5.78. The van der Waals surface area contributed by atoms with Gasteiger partial charge in [0.2, 0.25) is 5.90 Å². The second-order valence-corrected chi connectivity index (χ2v) is 3.61. The fourth-order valence-corrected chi connectivity index (χ4v) is 1.66. The maximum atomic E-state index is 5.40. The molecule has 0 radical (unpaired) electrons. The van der Waals surface area contributed by atoms with Crippen LogP contribution in [0.5, 0.6) is 0 Å². The van der Waals surface area contributed by atoms with E-state index in [4.69, 9.17) is 9.47 Å². The van der Waals surface area contributed by atoms with Crippen LogP contribution in [0, 0.1) is 0 Å². The zero-order chi connectivity index (χ0) is 10.5. The summed E-state index contributed by atoms with van der Waals surface area (Å²) in [7, 11) is 1.65. The molecule has 15 heavy (non-hydrogen) atoms. The van der Waals surface area contributed by atoms with Crippen LogP contribution in [0.2, 0.25) is 0 Å². The molecule has 1 aromatic carbocycles. The standard InChI is InChI=1S/C12H15NO2/c1-14-9-12-13-11(8-15-12)7-10-5-3-2-4-6-10/h2-6,11H,7-9H2,1H3/t11-/m1/s1. The normalized spacial score (nSPS) is 19.8. The van der Waals surface area contributed by atoms with Gasteiger partial charge in [0.25, 0.3) is 0 Å². The Morgan fingerprint density at radius 2 is 2.20 bits per heavy atom. The molecule has 0 saturated heterocycles. The van der Waals surface area contributed by atoms with E-state index in [1.54, 1.807) is 7.11 Å². The van der Waals surface area contributed by atoms with Crippen LogP contribution in [0.25, 0.3) is 0 Å². The van der Waals surface area contributed by atoms with Crippen LogP contribution in [0.4, 0.5) is 0 Å². The van der Waals surface area contributed by atoms with E-state index >= 15 is 0 Å². The fourth-order valence-electron chi connectivity index (χ4n) is 1.66. The van der Waals surface area contributed by atoms with Gasteiger partial charge in [-0.05, 0) is 12.0 Å². The number of nitrogens with zero attached hydrogens (tertiary/aromatic N) is 1. The highest BCUT2D eigenvalue weighted by Gasteiger charge is 2.18. The third-order valence-corrected chi connectivity index (χ3v) is 2.35. The Balaban J connectivity index is 1.92. The summed E-state index contributed by atoms with van der Waals surface area (Å²) in [5, 5.41) is 0. The summed E-state index contributed by atoms with van der Waals surface area (Å²) in [5.41, 5.74) is 1.30. The molecule has 1 atom stereocenters. The molecule has 1 heterocycles. The molecule has 0 unspecified atom stereocenters. The Bertz CT molecular complexity index is 335. The topological polar surface area (TPSA) is 30.8 Å². The van der Waals surface area contributed by atoms with Gasteiger partial charge in [-0.25, -0.2) is 4.99 Å². The summed E-state index contributed by atoms with van der Waals surface area (Å²) in [5.74, 6) is 0.721. The number of methoxy groups -OCH3 is 1. The Morgan fingerprint density at radius 3 is 2.93 bits per heavy atom. The zero-order valence-electron chi connectivity index (χ0n) is 8.85. The maximum absolute atomic E-state index is 5.40. The lowest BCUT2D eigenvalue weighted by Gasteiger charge is -2.04. The molecule has 3 nitrogen and oxygen atoms in total. The van der Waals surface area contributed by atoms with E-state index in [2.05, 4.69) is 17.1 Å². The lowest BCUT2D eigenvalue weighted by Crippen LogP contribution is -2.10. The first-order chi connectivity index (χ1) is 7.38. The molecule has 0 N–H and O–H groups in total. The molecule has 80 valence electrons. The van der Waals surface area contributed by atoms with E-state index in [1.807, 2.05) is 18.2 Å². The lowest BCUT2D eigenvalue weighted by atomic mass is 10.1. The van der Waals surface area contributed by atoms with Crippen LogP contribution >= 0.6 is 0 Å². The van der Waals surface area contributed by atoms with E-state index in [-0.39, 0.29) is 6.04 Å². The lowest BCUT2D eigenvalue weighted by molar-refractivity contribution is 0.212. The van der Waals surface area contributed by atoms with Gasteiger partial charge < -0.3 is 9.47 Å². The number of aliphatic imine (C=N–C) groups is 1. The van der Waals surface area contributed by atoms with Gasteiger partial charge in [-0.15, -0.1) is 0 Å². The molecular formula is C12H15NO2. The van der Waals surface area contributed by atoms with Crippen LogP contribution in [0.1, 0.15) is 5.56 Å². The first-order valence-corrected chi connectivity index (χ1v) is 5.11. The van der Waals surface area contributed by atoms with E-state index in [1.165, 1.54) is 5.56 Å². The highest BCUT2D eigenvalue weighted by Crippen LogP contribution is 2.11. The Hall–Kier alpha value is -1.35. The number of hydrogen-bond acceptors (Lipinski definition) is 3. The Morgan fingerprint density at radius 1 is 1.40 bits per heavy atom. The van der Waals surface area contributed by atoms with Gasteiger partial charge in [0.15, 0.2) is 0 Å². The molecule has 1 aliphatic heterocycles. The molecule has 0 spiro atoms. The predicted molar refractivity (Wildman–Crippen MR) is 59.2 cm³/mol. The third kappa shape index (κ3) is 2.80. The van der Waals surface area contributed by atoms with Crippen molar-refractivity contribution in [3.63, 3.8) is 0 Å². The van der Waals surface area contributed by atoms with Crippen molar-refractivity contribution in [2.24, 2.45) is 4.99 Å². The summed E-state index contributed by atoms with van der Waals surface area (Å²) in [4.78, 5) is 4.44. The van der Waals surface area contributed by atoms with Crippen LogP contribution in [0.3, 0.4) is 0 Å². The zero-order valence-corrected chi connectivity index (χ0v) is 8.85. The van der Waals surface area contributed by atoms with Crippen molar-refractivity contribution in [2.75, 3.05) is 20.3 Å². The fraction of sp³-hybridized carbons (Fsp3) is 0.417. The maximum Gasteiger partial charge on any atom is 0.210 e. The van der Waals surface area contributed by atoms with E-state index in [9.17, 15) is 0 Å². The van der Waals surface area contributed by atoms with Gasteiger partial charge in [0.1, 0.15) is 13.2 Å². The van der Waals surface area contributed by atoms with Crippen molar-refractivity contribution < 1.29 is 9.47 Å². The minimum atomic E-state index is 0.248. The first kappa shape index (κ1) is 10.2. The minimum absolute atomic E-state index is 0.248. The van der Waals surface area contributed by atoms with E-state index < -0.39 is 0 Å². The SMILES string of the molecule is COCC1=N[C@H](Cc2ccccc2)CO1. The van der Waals surface area contributed by atoms with Crippen molar-refractivity contribution in [1.82, 2.24) is 0 Å². The molecule has 0 saturated carbocycles. The molecule has 0 bridgehead atoms. The summed E-state index contributed by atoms with van der Waals surface area (Å²) in [6, 6.07) is 10.6. The summed E-state index contributed by atoms with van der Waals surface area (Å²) in [6.45, 7) is 1.15. The van der Waals surface area contributed by atoms with Crippen LogP contribution in [-0.4, -0.2) is 32.3 Å². The Kier molecular flexibility index (Phi) is 3.35. The second kappa shape index (κ2) is 4.94. The van der Waals surface area contributed by atoms with Crippen molar-refractivity contribution in [3.05, 3.63) is 35.9 Å². The van der Waals surface area contributed by atoms with E-state index in [0.29, 0.717) is 13.2 Å². The summed E-state index contributed by atoms with van der Waals surface area (Å²) in [6.07, 6.45) is 0.939. The Labute approximate surface area is 89.7 Å². The van der Waals surface area contributed by atoms with E-state index in [0.717, 1.165) is 12.3 Å². The molecule has 2 rings (SSSR count). The van der Waals surface area contributed by atoms with Crippen LogP contribution < -0.4 is 0 Å². The number of benzene rings is 1. The van der Waals surface area contributed by atoms with Gasteiger partial charge in [0.05, 0.1) is 6.04 Å². The summed E-state index contributed by atoms with van der Waals surface area (Å²) >= 11 is 0. The van der Waals surface area contributed by atoms with Crippen molar-refractivity contribution in [1.29, 1.82) is 0 Å². The predicted octanol–water partition coefficient (Wildman–Crippen LogP) is 1.67. The number of hydrogen-bond donors (Lipinski definition) is 0. The molecule has 1 aliphatic rings. The second-order valence-electron chi connectivity index (χ2n) is 3.61. The molecular weight excluding hydrogens is 190 g/mol. The first-order valence-electron chi connectivity index (χ1n) is 5.11.